The molecule has 0 aliphatic heterocycles. The lowest BCUT2D eigenvalue weighted by atomic mass is 10.0. The average Bonchev–Trinajstić information content (AvgIpc) is 2.88. The van der Waals surface area contributed by atoms with Crippen LogP contribution in [0.2, 0.25) is 0 Å². The Hall–Kier alpha value is -3.19. The number of carbonyl (C=O) groups excluding carboxylic acids is 1. The summed E-state index contributed by atoms with van der Waals surface area (Å²) < 4.78 is 0. The summed E-state index contributed by atoms with van der Waals surface area (Å²) in [6.45, 7) is 4.88. The van der Waals surface area contributed by atoms with Crippen molar-refractivity contribution in [3.63, 3.8) is 0 Å². The number of aliphatic hydroxyl groups excluding tert-OH is 2. The van der Waals surface area contributed by atoms with Gasteiger partial charge in [-0.2, -0.15) is 0 Å². The summed E-state index contributed by atoms with van der Waals surface area (Å²) in [6, 6.07) is 21.4. The molecule has 0 saturated heterocycles. The van der Waals surface area contributed by atoms with Crippen molar-refractivity contribution in [3.05, 3.63) is 100 Å². The summed E-state index contributed by atoms with van der Waals surface area (Å²) in [5, 5.41) is 35.8. The number of amides is 1. The molecule has 36 heavy (non-hydrogen) atoms. The van der Waals surface area contributed by atoms with Crippen molar-refractivity contribution in [1.82, 2.24) is 10.6 Å². The van der Waals surface area contributed by atoms with E-state index in [-0.39, 0.29) is 24.3 Å². The smallest absolute Gasteiger partial charge is 0.224 e. The van der Waals surface area contributed by atoms with Gasteiger partial charge in [0.1, 0.15) is 5.75 Å². The van der Waals surface area contributed by atoms with E-state index in [0.29, 0.717) is 30.6 Å². The molecule has 0 unspecified atom stereocenters. The number of rotatable bonds is 13. The lowest BCUT2D eigenvalue weighted by Crippen LogP contribution is -2.32. The van der Waals surface area contributed by atoms with Gasteiger partial charge in [0, 0.05) is 24.7 Å². The number of nitrogens with one attached hydrogen (secondary N) is 2. The molecule has 0 fully saturated rings. The van der Waals surface area contributed by atoms with Gasteiger partial charge in [0.05, 0.1) is 19.1 Å². The number of aryl methyl sites for hydroxylation is 1. The van der Waals surface area contributed by atoms with E-state index in [2.05, 4.69) is 54.8 Å². The van der Waals surface area contributed by atoms with Gasteiger partial charge in [-0.25, -0.2) is 0 Å². The number of hydrogen-bond acceptors (Lipinski definition) is 5. The molecule has 0 aliphatic carbocycles. The van der Waals surface area contributed by atoms with E-state index < -0.39 is 6.10 Å². The van der Waals surface area contributed by atoms with Crippen LogP contribution in [-0.4, -0.2) is 40.4 Å². The topological polar surface area (TPSA) is 102 Å². The molecule has 3 rings (SSSR count). The van der Waals surface area contributed by atoms with Crippen LogP contribution in [0.5, 0.6) is 5.75 Å². The molecule has 5 N–H and O–H groups in total. The van der Waals surface area contributed by atoms with Gasteiger partial charge in [-0.3, -0.25) is 4.79 Å². The number of phenols is 1. The van der Waals surface area contributed by atoms with Crippen LogP contribution in [0, 0.1) is 0 Å². The molecule has 1 amide bonds. The summed E-state index contributed by atoms with van der Waals surface area (Å²) in [6.07, 6.45) is 2.19. The van der Waals surface area contributed by atoms with Crippen LogP contribution in [0.4, 0.5) is 0 Å². The Kier molecular flexibility index (Phi) is 10.5. The minimum atomic E-state index is -0.752. The quantitative estimate of drug-likeness (QED) is 0.252. The highest BCUT2D eigenvalue weighted by atomic mass is 16.3. The maximum absolute atomic E-state index is 12.4. The number of aromatic hydroxyl groups is 1. The summed E-state index contributed by atoms with van der Waals surface area (Å²) in [7, 11) is 0. The lowest BCUT2D eigenvalue weighted by Gasteiger charge is -2.18. The van der Waals surface area contributed by atoms with Crippen LogP contribution in [-0.2, 0) is 37.1 Å². The number of carbonyl (C=O) groups is 1. The van der Waals surface area contributed by atoms with Gasteiger partial charge in [0.2, 0.25) is 5.91 Å². The molecule has 192 valence electrons. The van der Waals surface area contributed by atoms with Gasteiger partial charge < -0.3 is 26.0 Å². The normalized spacial score (nSPS) is 12.8. The van der Waals surface area contributed by atoms with Crippen LogP contribution < -0.4 is 10.6 Å². The standard InChI is InChI=1S/C30H38N2O4/c1-3-22-7-9-23(10-8-22)13-14-31-30(36)17-25-6-4-5-24(16-25)15-21(2)32-19-29(35)26-11-12-28(34)27(18-26)20-33/h4-12,16,18,21,29,32-35H,3,13-15,17,19-20H2,1-2H3,(H,31,36)/t21-,29-/m1/s1. The van der Waals surface area contributed by atoms with Crippen LogP contribution in [0.3, 0.4) is 0 Å². The molecule has 6 heteroatoms. The van der Waals surface area contributed by atoms with Crippen molar-refractivity contribution >= 4 is 5.91 Å². The van der Waals surface area contributed by atoms with Crippen LogP contribution in [0.1, 0.15) is 53.3 Å². The molecule has 0 radical (unpaired) electrons. The third-order valence-corrected chi connectivity index (χ3v) is 6.38. The Bertz CT molecular complexity index is 1110. The van der Waals surface area contributed by atoms with E-state index in [0.717, 1.165) is 30.4 Å². The van der Waals surface area contributed by atoms with Gasteiger partial charge in [-0.05, 0) is 66.1 Å². The first-order valence-corrected chi connectivity index (χ1v) is 12.6. The van der Waals surface area contributed by atoms with Crippen molar-refractivity contribution in [3.8, 4) is 5.75 Å². The molecular weight excluding hydrogens is 452 g/mol. The highest BCUT2D eigenvalue weighted by molar-refractivity contribution is 5.78. The highest BCUT2D eigenvalue weighted by Gasteiger charge is 2.13. The molecule has 0 saturated carbocycles. The van der Waals surface area contributed by atoms with E-state index in [1.165, 1.54) is 17.2 Å². The summed E-state index contributed by atoms with van der Waals surface area (Å²) in [5.74, 6) is 0.0350. The molecule has 0 aliphatic rings. The molecule has 6 nitrogen and oxygen atoms in total. The number of aliphatic hydroxyl groups is 2. The molecule has 0 bridgehead atoms. The van der Waals surface area contributed by atoms with E-state index >= 15 is 0 Å². The van der Waals surface area contributed by atoms with Crippen molar-refractivity contribution in [2.45, 2.75) is 58.3 Å². The molecule has 0 aromatic heterocycles. The fourth-order valence-electron chi connectivity index (χ4n) is 4.20. The van der Waals surface area contributed by atoms with Crippen LogP contribution >= 0.6 is 0 Å². The Labute approximate surface area is 214 Å². The molecular formula is C30H38N2O4. The fourth-order valence-corrected chi connectivity index (χ4v) is 4.20. The molecule has 0 spiro atoms. The molecule has 2 atom stereocenters. The second-order valence-electron chi connectivity index (χ2n) is 9.34. The fraction of sp³-hybridized carbons (Fsp3) is 0.367. The second-order valence-corrected chi connectivity index (χ2v) is 9.34. The highest BCUT2D eigenvalue weighted by Crippen LogP contribution is 2.22. The Morgan fingerprint density at radius 1 is 0.944 bits per heavy atom. The summed E-state index contributed by atoms with van der Waals surface area (Å²) in [5.41, 5.74) is 5.68. The van der Waals surface area contributed by atoms with Gasteiger partial charge in [0.15, 0.2) is 0 Å². The summed E-state index contributed by atoms with van der Waals surface area (Å²) in [4.78, 5) is 12.4. The minimum absolute atomic E-state index is 0.0165. The van der Waals surface area contributed by atoms with Gasteiger partial charge in [-0.1, -0.05) is 61.5 Å². The number of hydrogen-bond donors (Lipinski definition) is 5. The number of benzene rings is 3. The van der Waals surface area contributed by atoms with Crippen molar-refractivity contribution < 1.29 is 20.1 Å². The third-order valence-electron chi connectivity index (χ3n) is 6.38. The van der Waals surface area contributed by atoms with Crippen molar-refractivity contribution in [2.75, 3.05) is 13.1 Å². The first-order valence-electron chi connectivity index (χ1n) is 12.6. The lowest BCUT2D eigenvalue weighted by molar-refractivity contribution is -0.120. The summed E-state index contributed by atoms with van der Waals surface area (Å²) >= 11 is 0. The van der Waals surface area contributed by atoms with Crippen molar-refractivity contribution in [1.29, 1.82) is 0 Å². The largest absolute Gasteiger partial charge is 0.508 e. The average molecular weight is 491 g/mol. The monoisotopic (exact) mass is 490 g/mol. The maximum Gasteiger partial charge on any atom is 0.224 e. The maximum atomic E-state index is 12.4. The minimum Gasteiger partial charge on any atom is -0.508 e. The van der Waals surface area contributed by atoms with Crippen molar-refractivity contribution in [2.24, 2.45) is 0 Å². The predicted molar refractivity (Wildman–Crippen MR) is 143 cm³/mol. The van der Waals surface area contributed by atoms with Gasteiger partial charge >= 0.3 is 0 Å². The van der Waals surface area contributed by atoms with E-state index in [1.54, 1.807) is 12.1 Å². The first-order chi connectivity index (χ1) is 17.4. The Morgan fingerprint density at radius 3 is 2.39 bits per heavy atom. The predicted octanol–water partition coefficient (Wildman–Crippen LogP) is 3.60. The second kappa shape index (κ2) is 13.8. The van der Waals surface area contributed by atoms with Crippen LogP contribution in [0.15, 0.2) is 66.7 Å². The Morgan fingerprint density at radius 2 is 1.67 bits per heavy atom. The molecule has 0 heterocycles. The zero-order valence-electron chi connectivity index (χ0n) is 21.2. The zero-order chi connectivity index (χ0) is 25.9. The zero-order valence-corrected chi connectivity index (χ0v) is 21.2. The Balaban J connectivity index is 1.43. The SMILES string of the molecule is CCc1ccc(CCNC(=O)Cc2cccc(C[C@@H](C)NC[C@@H](O)c3ccc(O)c(CO)c3)c2)cc1. The molecule has 3 aromatic rings. The van der Waals surface area contributed by atoms with Crippen LogP contribution in [0.25, 0.3) is 0 Å². The molecule has 3 aromatic carbocycles. The van der Waals surface area contributed by atoms with E-state index in [4.69, 9.17) is 0 Å². The van der Waals surface area contributed by atoms with E-state index in [9.17, 15) is 20.1 Å². The third kappa shape index (κ3) is 8.48. The van der Waals surface area contributed by atoms with Gasteiger partial charge in [-0.15, -0.1) is 0 Å². The van der Waals surface area contributed by atoms with Gasteiger partial charge in [0.25, 0.3) is 0 Å². The first kappa shape index (κ1) is 27.4. The van der Waals surface area contributed by atoms with E-state index in [1.807, 2.05) is 18.2 Å².